The second-order valence-corrected chi connectivity index (χ2v) is 10.3. The van der Waals surface area contributed by atoms with Gasteiger partial charge in [0.15, 0.2) is 11.6 Å². The van der Waals surface area contributed by atoms with Crippen molar-refractivity contribution in [3.63, 3.8) is 0 Å². The fourth-order valence-corrected chi connectivity index (χ4v) is 5.66. The molecule has 210 valence electrons. The van der Waals surface area contributed by atoms with Crippen LogP contribution in [-0.2, 0) is 10.4 Å². The second-order valence-electron chi connectivity index (χ2n) is 9.90. The van der Waals surface area contributed by atoms with Crippen molar-refractivity contribution in [3.8, 4) is 5.75 Å². The number of anilines is 1. The zero-order chi connectivity index (χ0) is 28.6. The number of ether oxygens (including phenoxy) is 1. The van der Waals surface area contributed by atoms with Crippen LogP contribution in [0.4, 0.5) is 18.9 Å². The molecule has 1 atom stereocenters. The van der Waals surface area contributed by atoms with Gasteiger partial charge in [-0.3, -0.25) is 19.6 Å². The fraction of sp³-hybridized carbons (Fsp3) is 0.357. The molecule has 0 saturated heterocycles. The van der Waals surface area contributed by atoms with Gasteiger partial charge in [-0.2, -0.15) is 0 Å². The number of nitrogens with zero attached hydrogens (tertiary/aromatic N) is 3. The standard InChI is InChI=1S/C28H26ClF3N4O4/c1-40-21-10-11-33-24(22(21)30)28(39)19-4-2-3-5-20(19)36(27(28)38)14-15-6-8-17(9-7-15)35-26(37)18-12-16(29)13-34-23(18)25(31)32/h2-5,10-13,15,17,25,39H,6-9,14H2,1H3,(H,35,37)/t15-,17-,28?. The lowest BCUT2D eigenvalue weighted by Gasteiger charge is -2.32. The Balaban J connectivity index is 1.29. The van der Waals surface area contributed by atoms with Crippen LogP contribution in [0.25, 0.3) is 0 Å². The zero-order valence-electron chi connectivity index (χ0n) is 21.4. The number of aliphatic hydroxyl groups is 1. The third-order valence-corrected chi connectivity index (χ3v) is 7.72. The predicted octanol–water partition coefficient (Wildman–Crippen LogP) is 4.79. The van der Waals surface area contributed by atoms with Gasteiger partial charge in [0.2, 0.25) is 5.60 Å². The minimum Gasteiger partial charge on any atom is -0.494 e. The molecule has 2 aromatic heterocycles. The van der Waals surface area contributed by atoms with E-state index in [9.17, 15) is 23.5 Å². The number of benzene rings is 1. The number of hydrogen-bond donors (Lipinski definition) is 2. The molecule has 3 heterocycles. The number of para-hydroxylation sites is 1. The summed E-state index contributed by atoms with van der Waals surface area (Å²) in [4.78, 5) is 35.5. The van der Waals surface area contributed by atoms with E-state index in [0.29, 0.717) is 31.4 Å². The first kappa shape index (κ1) is 27.9. The van der Waals surface area contributed by atoms with Crippen LogP contribution in [0.5, 0.6) is 5.75 Å². The van der Waals surface area contributed by atoms with E-state index in [4.69, 9.17) is 16.3 Å². The summed E-state index contributed by atoms with van der Waals surface area (Å²) >= 11 is 5.87. The number of aromatic nitrogens is 2. The van der Waals surface area contributed by atoms with Gasteiger partial charge < -0.3 is 20.1 Å². The number of pyridine rings is 2. The topological polar surface area (TPSA) is 105 Å². The number of halogens is 4. The molecule has 40 heavy (non-hydrogen) atoms. The number of fused-ring (bicyclic) bond motifs is 1. The third kappa shape index (κ3) is 4.88. The highest BCUT2D eigenvalue weighted by Crippen LogP contribution is 2.46. The Morgan fingerprint density at radius 2 is 1.95 bits per heavy atom. The Bertz CT molecular complexity index is 1450. The van der Waals surface area contributed by atoms with Crippen molar-refractivity contribution in [1.29, 1.82) is 0 Å². The molecule has 1 saturated carbocycles. The van der Waals surface area contributed by atoms with E-state index in [1.165, 1.54) is 30.3 Å². The van der Waals surface area contributed by atoms with Crippen LogP contribution in [-0.4, -0.2) is 46.6 Å². The molecular formula is C28H26ClF3N4O4. The fourth-order valence-electron chi connectivity index (χ4n) is 5.50. The SMILES string of the molecule is COc1ccnc(C2(O)C(=O)N(C[C@H]3CC[C@H](NC(=O)c4cc(Cl)cnc4C(F)F)CC3)c3ccccc32)c1F. The molecule has 2 N–H and O–H groups in total. The number of methoxy groups -OCH3 is 1. The number of carbonyl (C=O) groups excluding carboxylic acids is 2. The van der Waals surface area contributed by atoms with Crippen LogP contribution >= 0.6 is 11.6 Å². The van der Waals surface area contributed by atoms with Gasteiger partial charge in [-0.15, -0.1) is 0 Å². The first-order chi connectivity index (χ1) is 19.1. The molecule has 12 heteroatoms. The molecule has 1 unspecified atom stereocenters. The highest BCUT2D eigenvalue weighted by Gasteiger charge is 2.54. The molecule has 5 rings (SSSR count). The van der Waals surface area contributed by atoms with Crippen molar-refractivity contribution in [3.05, 3.63) is 82.1 Å². The van der Waals surface area contributed by atoms with Gasteiger partial charge in [-0.1, -0.05) is 29.8 Å². The lowest BCUT2D eigenvalue weighted by Crippen LogP contribution is -2.45. The second kappa shape index (κ2) is 11.1. The number of hydrogen-bond acceptors (Lipinski definition) is 6. The van der Waals surface area contributed by atoms with Crippen molar-refractivity contribution in [2.75, 3.05) is 18.6 Å². The normalized spacial score (nSPS) is 22.4. The molecular weight excluding hydrogens is 549 g/mol. The maximum Gasteiger partial charge on any atom is 0.281 e. The summed E-state index contributed by atoms with van der Waals surface area (Å²) in [5.41, 5.74) is -2.96. The van der Waals surface area contributed by atoms with Crippen LogP contribution in [0.1, 0.15) is 59.4 Å². The van der Waals surface area contributed by atoms with Gasteiger partial charge in [-0.25, -0.2) is 13.2 Å². The molecule has 3 aromatic rings. The van der Waals surface area contributed by atoms with Crippen LogP contribution < -0.4 is 15.0 Å². The summed E-state index contributed by atoms with van der Waals surface area (Å²) < 4.78 is 46.9. The zero-order valence-corrected chi connectivity index (χ0v) is 22.2. The highest BCUT2D eigenvalue weighted by molar-refractivity contribution is 6.30. The monoisotopic (exact) mass is 574 g/mol. The largest absolute Gasteiger partial charge is 0.494 e. The number of rotatable bonds is 7. The molecule has 1 aliphatic carbocycles. The molecule has 1 aromatic carbocycles. The van der Waals surface area contributed by atoms with Gasteiger partial charge in [0.05, 0.1) is 23.4 Å². The van der Waals surface area contributed by atoms with Gasteiger partial charge in [0.1, 0.15) is 11.4 Å². The lowest BCUT2D eigenvalue weighted by molar-refractivity contribution is -0.132. The molecule has 2 amide bonds. The molecule has 1 aliphatic heterocycles. The first-order valence-electron chi connectivity index (χ1n) is 12.7. The molecule has 2 aliphatic rings. The summed E-state index contributed by atoms with van der Waals surface area (Å²) in [5.74, 6) is -2.43. The summed E-state index contributed by atoms with van der Waals surface area (Å²) in [6.45, 7) is 0.262. The van der Waals surface area contributed by atoms with Gasteiger partial charge in [0.25, 0.3) is 18.2 Å². The van der Waals surface area contributed by atoms with Gasteiger partial charge >= 0.3 is 0 Å². The highest BCUT2D eigenvalue weighted by atomic mass is 35.5. The van der Waals surface area contributed by atoms with E-state index in [-0.39, 0.29) is 40.4 Å². The van der Waals surface area contributed by atoms with E-state index in [1.807, 2.05) is 0 Å². The molecule has 0 spiro atoms. The number of carbonyl (C=O) groups is 2. The first-order valence-corrected chi connectivity index (χ1v) is 13.1. The molecule has 1 fully saturated rings. The minimum absolute atomic E-state index is 0.0140. The van der Waals surface area contributed by atoms with Gasteiger partial charge in [0, 0.05) is 36.6 Å². The van der Waals surface area contributed by atoms with Crippen LogP contribution in [0.2, 0.25) is 5.02 Å². The van der Waals surface area contributed by atoms with E-state index in [1.54, 1.807) is 24.3 Å². The quantitative estimate of drug-likeness (QED) is 0.421. The Labute approximate surface area is 233 Å². The Morgan fingerprint density at radius 1 is 1.23 bits per heavy atom. The minimum atomic E-state index is -2.92. The number of alkyl halides is 2. The lowest BCUT2D eigenvalue weighted by atomic mass is 9.85. The maximum absolute atomic E-state index is 15.2. The van der Waals surface area contributed by atoms with Crippen molar-refractivity contribution in [1.82, 2.24) is 15.3 Å². The Hall–Kier alpha value is -3.70. The van der Waals surface area contributed by atoms with Crippen LogP contribution in [0.15, 0.2) is 48.8 Å². The smallest absolute Gasteiger partial charge is 0.281 e. The Morgan fingerprint density at radius 3 is 2.65 bits per heavy atom. The van der Waals surface area contributed by atoms with E-state index in [0.717, 1.165) is 6.20 Å². The summed E-state index contributed by atoms with van der Waals surface area (Å²) in [5, 5.41) is 14.5. The summed E-state index contributed by atoms with van der Waals surface area (Å²) in [7, 11) is 1.28. The van der Waals surface area contributed by atoms with Crippen molar-refractivity contribution >= 4 is 29.1 Å². The average molecular weight is 575 g/mol. The van der Waals surface area contributed by atoms with E-state index in [2.05, 4.69) is 15.3 Å². The summed E-state index contributed by atoms with van der Waals surface area (Å²) in [6.07, 6.45) is 1.76. The van der Waals surface area contributed by atoms with Crippen LogP contribution in [0, 0.1) is 11.7 Å². The third-order valence-electron chi connectivity index (χ3n) is 7.51. The van der Waals surface area contributed by atoms with Crippen molar-refractivity contribution in [2.45, 2.75) is 43.8 Å². The molecule has 0 radical (unpaired) electrons. The Kier molecular flexibility index (Phi) is 7.70. The molecule has 0 bridgehead atoms. The van der Waals surface area contributed by atoms with E-state index < -0.39 is 41.0 Å². The van der Waals surface area contributed by atoms with Crippen molar-refractivity contribution < 1.29 is 32.6 Å². The van der Waals surface area contributed by atoms with Gasteiger partial charge in [-0.05, 0) is 43.7 Å². The van der Waals surface area contributed by atoms with Crippen LogP contribution in [0.3, 0.4) is 0 Å². The van der Waals surface area contributed by atoms with E-state index >= 15 is 4.39 Å². The molecule has 8 nitrogen and oxygen atoms in total. The maximum atomic E-state index is 15.2. The predicted molar refractivity (Wildman–Crippen MR) is 140 cm³/mol. The summed E-state index contributed by atoms with van der Waals surface area (Å²) in [6, 6.07) is 8.86. The van der Waals surface area contributed by atoms with Crippen molar-refractivity contribution in [2.24, 2.45) is 5.92 Å². The number of nitrogens with one attached hydrogen (secondary N) is 1. The average Bonchev–Trinajstić information content (AvgIpc) is 3.16. The number of amides is 2.